The lowest BCUT2D eigenvalue weighted by atomic mass is 9.74. The van der Waals surface area contributed by atoms with Crippen molar-refractivity contribution in [1.29, 1.82) is 5.41 Å². The molecule has 7 rings (SSSR count). The molecule has 2 unspecified atom stereocenters. The maximum Gasteiger partial charge on any atom is 0.0557 e. The van der Waals surface area contributed by atoms with Crippen LogP contribution in [0.3, 0.4) is 0 Å². The van der Waals surface area contributed by atoms with E-state index in [9.17, 15) is 0 Å². The van der Waals surface area contributed by atoms with E-state index in [1.54, 1.807) is 5.57 Å². The van der Waals surface area contributed by atoms with Crippen molar-refractivity contribution >= 4 is 22.2 Å². The molecule has 4 aliphatic carbocycles. The highest BCUT2D eigenvalue weighted by Gasteiger charge is 2.33. The fraction of sp³-hybridized carbons (Fsp3) is 0.250. The van der Waals surface area contributed by atoms with Gasteiger partial charge in [-0.2, -0.15) is 0 Å². The lowest BCUT2D eigenvalue weighted by Gasteiger charge is -2.32. The molecule has 3 heteroatoms. The number of benzene rings is 2. The van der Waals surface area contributed by atoms with Crippen LogP contribution in [0.1, 0.15) is 61.9 Å². The van der Waals surface area contributed by atoms with Crippen LogP contribution in [0.15, 0.2) is 108 Å². The predicted octanol–water partition coefficient (Wildman–Crippen LogP) is 8.59. The largest absolute Gasteiger partial charge is 0.401 e. The van der Waals surface area contributed by atoms with Crippen LogP contribution in [0, 0.1) is 10.8 Å². The Morgan fingerprint density at radius 3 is 2.59 bits per heavy atom. The maximum absolute atomic E-state index is 8.95. The van der Waals surface area contributed by atoms with Gasteiger partial charge in [-0.1, -0.05) is 78.9 Å². The van der Waals surface area contributed by atoms with Crippen molar-refractivity contribution in [3.8, 4) is 11.1 Å². The summed E-state index contributed by atoms with van der Waals surface area (Å²) in [7, 11) is 0. The molecule has 0 saturated heterocycles. The van der Waals surface area contributed by atoms with Gasteiger partial charge in [0.2, 0.25) is 0 Å². The quantitative estimate of drug-likeness (QED) is 0.340. The minimum absolute atomic E-state index is 0.371. The van der Waals surface area contributed by atoms with Gasteiger partial charge in [0, 0.05) is 27.9 Å². The minimum atomic E-state index is -0.459. The summed E-state index contributed by atoms with van der Waals surface area (Å²) in [6.07, 6.45) is 26.0. The van der Waals surface area contributed by atoms with Crippen molar-refractivity contribution in [2.24, 2.45) is 11.1 Å². The molecule has 0 amide bonds. The maximum atomic E-state index is 8.95. The number of fused-ring (bicyclic) bond motifs is 4. The number of nitrogens with two attached hydrogens (primary N) is 1. The van der Waals surface area contributed by atoms with Gasteiger partial charge in [-0.05, 0) is 91.5 Å². The van der Waals surface area contributed by atoms with E-state index in [1.807, 2.05) is 12.2 Å². The topological polar surface area (TPSA) is 54.8 Å². The Morgan fingerprint density at radius 1 is 0.949 bits per heavy atom. The lowest BCUT2D eigenvalue weighted by Crippen LogP contribution is -2.34. The van der Waals surface area contributed by atoms with Gasteiger partial charge in [-0.3, -0.25) is 0 Å². The number of aromatic nitrogens is 1. The van der Waals surface area contributed by atoms with Gasteiger partial charge in [0.05, 0.1) is 17.2 Å². The van der Waals surface area contributed by atoms with Crippen molar-refractivity contribution in [3.05, 3.63) is 125 Å². The summed E-state index contributed by atoms with van der Waals surface area (Å²) < 4.78 is 2.62. The molecule has 1 aromatic heterocycles. The van der Waals surface area contributed by atoms with E-state index in [0.717, 1.165) is 49.8 Å². The summed E-state index contributed by atoms with van der Waals surface area (Å²) in [5, 5.41) is 10.3. The molecule has 39 heavy (non-hydrogen) atoms. The summed E-state index contributed by atoms with van der Waals surface area (Å²) in [5.74, 6) is 0. The molecular weight excluding hydrogens is 474 g/mol. The molecule has 0 spiro atoms. The van der Waals surface area contributed by atoms with Crippen LogP contribution in [0.5, 0.6) is 0 Å². The highest BCUT2D eigenvalue weighted by atomic mass is 15.0. The second-order valence-electron chi connectivity index (χ2n) is 11.5. The molecule has 3 N–H and O–H groups in total. The normalized spacial score (nSPS) is 23.6. The molecule has 2 aromatic carbocycles. The Kier molecular flexibility index (Phi) is 5.70. The van der Waals surface area contributed by atoms with Crippen LogP contribution in [0.2, 0.25) is 0 Å². The molecule has 4 aliphatic rings. The summed E-state index contributed by atoms with van der Waals surface area (Å²) >= 11 is 0. The summed E-state index contributed by atoms with van der Waals surface area (Å²) in [6.45, 7) is 2.07. The standard InChI is InChI=1S/C36H35N3/c1-36(22-8-7-13-33(36)37)35(38)26-16-14-24(15-17-26)27-19-20-31-30(23-27)34-29-12-6-5-9-25(29)18-21-32(34)39(31)28-10-3-2-4-11-28/h2-5,7-10,13-17,19-20,23,28,38H,6,11-12,18,21-22,37H2,1H3. The van der Waals surface area contributed by atoms with Crippen molar-refractivity contribution in [1.82, 2.24) is 4.57 Å². The third-order valence-electron chi connectivity index (χ3n) is 9.23. The van der Waals surface area contributed by atoms with E-state index in [1.165, 1.54) is 38.9 Å². The molecule has 1 heterocycles. The molecule has 3 aromatic rings. The van der Waals surface area contributed by atoms with Crippen LogP contribution in [-0.4, -0.2) is 10.3 Å². The average molecular weight is 510 g/mol. The Balaban J connectivity index is 1.31. The first-order valence-corrected chi connectivity index (χ1v) is 14.3. The van der Waals surface area contributed by atoms with E-state index in [2.05, 4.69) is 96.5 Å². The van der Waals surface area contributed by atoms with Gasteiger partial charge in [0.1, 0.15) is 0 Å². The lowest BCUT2D eigenvalue weighted by molar-refractivity contribution is 0.550. The van der Waals surface area contributed by atoms with Gasteiger partial charge in [-0.15, -0.1) is 0 Å². The van der Waals surface area contributed by atoms with Crippen molar-refractivity contribution in [3.63, 3.8) is 0 Å². The zero-order chi connectivity index (χ0) is 26.6. The smallest absolute Gasteiger partial charge is 0.0557 e. The van der Waals surface area contributed by atoms with Crippen LogP contribution < -0.4 is 5.73 Å². The van der Waals surface area contributed by atoms with E-state index >= 15 is 0 Å². The number of nitrogens with one attached hydrogen (secondary N) is 1. The van der Waals surface area contributed by atoms with Gasteiger partial charge in [0.15, 0.2) is 0 Å². The monoisotopic (exact) mass is 509 g/mol. The summed E-state index contributed by atoms with van der Waals surface area (Å²) in [6, 6.07) is 15.9. The van der Waals surface area contributed by atoms with Crippen molar-refractivity contribution < 1.29 is 0 Å². The van der Waals surface area contributed by atoms with Crippen LogP contribution in [0.4, 0.5) is 0 Å². The SMILES string of the molecule is CC1(C(=N)c2ccc(-c3ccc4c(c3)c3c(n4C4C=CC=CC4)CCC4=C3CCC=C4)cc2)CC=CC=C1N. The molecule has 0 radical (unpaired) electrons. The third kappa shape index (κ3) is 3.83. The Bertz CT molecular complexity index is 1680. The van der Waals surface area contributed by atoms with Gasteiger partial charge < -0.3 is 15.7 Å². The molecular formula is C36H35N3. The minimum Gasteiger partial charge on any atom is -0.401 e. The zero-order valence-corrected chi connectivity index (χ0v) is 22.6. The first-order valence-electron chi connectivity index (χ1n) is 14.3. The molecule has 0 fully saturated rings. The zero-order valence-electron chi connectivity index (χ0n) is 22.6. The third-order valence-corrected chi connectivity index (χ3v) is 9.23. The molecule has 2 atom stereocenters. The predicted molar refractivity (Wildman–Crippen MR) is 164 cm³/mol. The Labute approximate surface area is 230 Å². The first-order chi connectivity index (χ1) is 19.0. The van der Waals surface area contributed by atoms with E-state index in [4.69, 9.17) is 11.1 Å². The number of nitrogens with zero attached hydrogens (tertiary/aromatic N) is 1. The van der Waals surface area contributed by atoms with E-state index < -0.39 is 5.41 Å². The second kappa shape index (κ2) is 9.27. The second-order valence-corrected chi connectivity index (χ2v) is 11.5. The number of allylic oxidation sites excluding steroid dienone is 12. The van der Waals surface area contributed by atoms with Crippen molar-refractivity contribution in [2.75, 3.05) is 0 Å². The van der Waals surface area contributed by atoms with Gasteiger partial charge in [-0.25, -0.2) is 0 Å². The Morgan fingerprint density at radius 2 is 1.79 bits per heavy atom. The number of hydrogen-bond donors (Lipinski definition) is 2. The van der Waals surface area contributed by atoms with Gasteiger partial charge in [0.25, 0.3) is 0 Å². The van der Waals surface area contributed by atoms with E-state index in [-0.39, 0.29) is 0 Å². The van der Waals surface area contributed by atoms with Crippen molar-refractivity contribution in [2.45, 2.75) is 51.5 Å². The fourth-order valence-corrected chi connectivity index (χ4v) is 6.93. The van der Waals surface area contributed by atoms with Crippen LogP contribution in [-0.2, 0) is 6.42 Å². The molecule has 0 saturated carbocycles. The average Bonchev–Trinajstić information content (AvgIpc) is 3.33. The summed E-state index contributed by atoms with van der Waals surface area (Å²) in [4.78, 5) is 0. The summed E-state index contributed by atoms with van der Waals surface area (Å²) in [5.41, 5.74) is 18.0. The number of rotatable bonds is 4. The first kappa shape index (κ1) is 24.0. The molecule has 0 bridgehead atoms. The molecule has 3 nitrogen and oxygen atoms in total. The Hall–Kier alpha value is -4.11. The highest BCUT2D eigenvalue weighted by Crippen LogP contribution is 2.45. The molecule has 0 aliphatic heterocycles. The fourth-order valence-electron chi connectivity index (χ4n) is 6.93. The molecule has 194 valence electrons. The highest BCUT2D eigenvalue weighted by molar-refractivity contribution is 6.05. The van der Waals surface area contributed by atoms with Crippen LogP contribution >= 0.6 is 0 Å². The van der Waals surface area contributed by atoms with Gasteiger partial charge >= 0.3 is 0 Å². The number of hydrogen-bond acceptors (Lipinski definition) is 2. The van der Waals surface area contributed by atoms with Crippen LogP contribution in [0.25, 0.3) is 27.6 Å². The van der Waals surface area contributed by atoms with E-state index in [0.29, 0.717) is 11.8 Å².